The van der Waals surface area contributed by atoms with Crippen LogP contribution in [0, 0.1) is 4.64 Å². The van der Waals surface area contributed by atoms with E-state index in [-0.39, 0.29) is 14.7 Å². The second-order valence-corrected chi connectivity index (χ2v) is 11.1. The van der Waals surface area contributed by atoms with Crippen molar-refractivity contribution in [2.45, 2.75) is 4.90 Å². The maximum atomic E-state index is 12.6. The molecule has 11 nitrogen and oxygen atoms in total. The zero-order valence-corrected chi connectivity index (χ0v) is 22.3. The number of hydrogen-bond donors (Lipinski definition) is 2. The van der Waals surface area contributed by atoms with Gasteiger partial charge in [0.1, 0.15) is 5.69 Å². The summed E-state index contributed by atoms with van der Waals surface area (Å²) in [6, 6.07) is 13.2. The molecular weight excluding hydrogens is 545 g/mol. The Balaban J connectivity index is 1.48. The highest BCUT2D eigenvalue weighted by atomic mass is 32.2. The molecule has 2 aromatic heterocycles. The fraction of sp³-hybridized carbons (Fsp3) is 0.167. The van der Waals surface area contributed by atoms with Crippen molar-refractivity contribution in [3.8, 4) is 0 Å². The van der Waals surface area contributed by atoms with Crippen LogP contribution in [-0.4, -0.2) is 60.4 Å². The number of aldehydes is 1. The van der Waals surface area contributed by atoms with Gasteiger partial charge >= 0.3 is 0 Å². The van der Waals surface area contributed by atoms with Gasteiger partial charge < -0.3 is 10.2 Å². The van der Waals surface area contributed by atoms with Crippen LogP contribution in [0.3, 0.4) is 0 Å². The standard InChI is InChI=1S/C24H22N8O3S3/c33-16-17(15-31-12-9-25-10-13-31)22-23(36)32(21-4-2-1-3-20(21)27-22)30-28-18-5-7-19(8-6-18)38(34,35)29-24-26-11-14-37-24/h1-8,11,14-16,25H,9-10,12-13H2,(H,26,29)/b17-15+,30-28?. The van der Waals surface area contributed by atoms with Gasteiger partial charge in [-0.15, -0.1) is 16.5 Å². The zero-order valence-electron chi connectivity index (χ0n) is 19.9. The van der Waals surface area contributed by atoms with Gasteiger partial charge in [0.15, 0.2) is 16.1 Å². The van der Waals surface area contributed by atoms with Gasteiger partial charge in [-0.05, 0) is 36.4 Å². The summed E-state index contributed by atoms with van der Waals surface area (Å²) >= 11 is 6.88. The van der Waals surface area contributed by atoms with E-state index in [9.17, 15) is 13.2 Å². The topological polar surface area (TPSA) is 134 Å². The van der Waals surface area contributed by atoms with Crippen molar-refractivity contribution >= 4 is 67.3 Å². The molecule has 2 aromatic carbocycles. The van der Waals surface area contributed by atoms with Gasteiger partial charge in [0.2, 0.25) is 0 Å². The zero-order chi connectivity index (χ0) is 26.5. The first-order valence-electron chi connectivity index (χ1n) is 11.5. The molecule has 0 unspecified atom stereocenters. The summed E-state index contributed by atoms with van der Waals surface area (Å²) in [5.41, 5.74) is 2.31. The van der Waals surface area contributed by atoms with Crippen molar-refractivity contribution in [1.82, 2.24) is 24.9 Å². The van der Waals surface area contributed by atoms with Crippen LogP contribution in [0.1, 0.15) is 5.69 Å². The van der Waals surface area contributed by atoms with E-state index in [2.05, 4.69) is 35.2 Å². The largest absolute Gasteiger partial charge is 0.374 e. The summed E-state index contributed by atoms with van der Waals surface area (Å²) < 4.78 is 29.3. The first-order valence-corrected chi connectivity index (χ1v) is 14.3. The highest BCUT2D eigenvalue weighted by Gasteiger charge is 2.16. The quantitative estimate of drug-likeness (QED) is 0.141. The van der Waals surface area contributed by atoms with Crippen molar-refractivity contribution in [3.05, 3.63) is 76.6 Å². The number of sulfonamides is 1. The Morgan fingerprint density at radius 1 is 1.13 bits per heavy atom. The van der Waals surface area contributed by atoms with Crippen LogP contribution in [0.15, 0.2) is 81.5 Å². The minimum Gasteiger partial charge on any atom is -0.374 e. The molecule has 0 bridgehead atoms. The van der Waals surface area contributed by atoms with E-state index in [1.165, 1.54) is 46.5 Å². The molecule has 0 amide bonds. The van der Waals surface area contributed by atoms with E-state index in [1.54, 1.807) is 11.6 Å². The number of aromatic nitrogens is 3. The molecule has 38 heavy (non-hydrogen) atoms. The number of carbonyl (C=O) groups is 1. The molecule has 1 saturated heterocycles. The first kappa shape index (κ1) is 25.8. The highest BCUT2D eigenvalue weighted by molar-refractivity contribution is 7.93. The lowest BCUT2D eigenvalue weighted by molar-refractivity contribution is -0.103. The Morgan fingerprint density at radius 2 is 1.89 bits per heavy atom. The number of carbonyl (C=O) groups excluding carboxylic acids is 1. The molecule has 4 aromatic rings. The van der Waals surface area contributed by atoms with Crippen LogP contribution in [0.4, 0.5) is 10.8 Å². The summed E-state index contributed by atoms with van der Waals surface area (Å²) in [4.78, 5) is 22.8. The lowest BCUT2D eigenvalue weighted by Gasteiger charge is -2.26. The molecule has 2 N–H and O–H groups in total. The van der Waals surface area contributed by atoms with Crippen LogP contribution in [0.25, 0.3) is 16.6 Å². The number of hydrogen-bond acceptors (Lipinski definition) is 11. The lowest BCUT2D eigenvalue weighted by Crippen LogP contribution is -2.40. The highest BCUT2D eigenvalue weighted by Crippen LogP contribution is 2.23. The van der Waals surface area contributed by atoms with Gasteiger partial charge in [0, 0.05) is 44.0 Å². The number of allylic oxidation sites excluding steroid dienone is 1. The smallest absolute Gasteiger partial charge is 0.263 e. The summed E-state index contributed by atoms with van der Waals surface area (Å²) in [5, 5.41) is 13.8. The Kier molecular flexibility index (Phi) is 7.64. The van der Waals surface area contributed by atoms with E-state index in [0.29, 0.717) is 28.0 Å². The fourth-order valence-electron chi connectivity index (χ4n) is 3.78. The van der Waals surface area contributed by atoms with E-state index in [1.807, 2.05) is 24.3 Å². The number of anilines is 1. The Labute approximate surface area is 227 Å². The lowest BCUT2D eigenvalue weighted by atomic mass is 10.2. The van der Waals surface area contributed by atoms with Crippen LogP contribution in [-0.2, 0) is 14.8 Å². The van der Waals surface area contributed by atoms with Crippen LogP contribution < -0.4 is 10.0 Å². The molecule has 194 valence electrons. The van der Waals surface area contributed by atoms with Crippen molar-refractivity contribution < 1.29 is 13.2 Å². The maximum absolute atomic E-state index is 12.6. The minimum absolute atomic E-state index is 0.0635. The van der Waals surface area contributed by atoms with E-state index >= 15 is 0 Å². The number of piperazine rings is 1. The second kappa shape index (κ2) is 11.3. The average molecular weight is 567 g/mol. The molecular formula is C24H22N8O3S3. The molecule has 14 heteroatoms. The first-order chi connectivity index (χ1) is 18.4. The molecule has 0 aliphatic carbocycles. The molecule has 0 saturated carbocycles. The van der Waals surface area contributed by atoms with Crippen molar-refractivity contribution in [3.63, 3.8) is 0 Å². The van der Waals surface area contributed by atoms with Gasteiger partial charge in [0.25, 0.3) is 10.0 Å². The van der Waals surface area contributed by atoms with Crippen molar-refractivity contribution in [1.29, 1.82) is 0 Å². The molecule has 1 fully saturated rings. The van der Waals surface area contributed by atoms with Gasteiger partial charge in [-0.25, -0.2) is 18.4 Å². The Bertz CT molecular complexity index is 1680. The van der Waals surface area contributed by atoms with Gasteiger partial charge in [0.05, 0.1) is 27.2 Å². The minimum atomic E-state index is -3.78. The molecule has 0 atom stereocenters. The van der Waals surface area contributed by atoms with Crippen LogP contribution >= 0.6 is 23.6 Å². The second-order valence-electron chi connectivity index (χ2n) is 8.18. The summed E-state index contributed by atoms with van der Waals surface area (Å²) in [5.74, 6) is 0. The summed E-state index contributed by atoms with van der Waals surface area (Å²) in [6.45, 7) is 3.18. The Hall–Kier alpha value is -3.85. The number of benzene rings is 2. The molecule has 0 radical (unpaired) electrons. The van der Waals surface area contributed by atoms with Crippen LogP contribution in [0.2, 0.25) is 0 Å². The normalized spacial score (nSPS) is 14.7. The number of nitrogens with one attached hydrogen (secondary N) is 2. The van der Waals surface area contributed by atoms with E-state index in [4.69, 9.17) is 12.2 Å². The van der Waals surface area contributed by atoms with Crippen molar-refractivity contribution in [2.75, 3.05) is 30.9 Å². The van der Waals surface area contributed by atoms with Crippen LogP contribution in [0.5, 0.6) is 0 Å². The fourth-order valence-corrected chi connectivity index (χ4v) is 5.87. The number of para-hydroxylation sites is 2. The maximum Gasteiger partial charge on any atom is 0.263 e. The molecule has 5 rings (SSSR count). The summed E-state index contributed by atoms with van der Waals surface area (Å²) in [7, 11) is -3.78. The SMILES string of the molecule is O=C/C(=C\N1CCNCC1)c1nc2ccccc2n(N=Nc2ccc(S(=O)(=O)Nc3nccs3)cc2)c1=S. The monoisotopic (exact) mass is 566 g/mol. The predicted octanol–water partition coefficient (Wildman–Crippen LogP) is 4.02. The number of nitrogens with zero attached hydrogens (tertiary/aromatic N) is 6. The Morgan fingerprint density at radius 3 is 2.61 bits per heavy atom. The molecule has 3 heterocycles. The van der Waals surface area contributed by atoms with Gasteiger partial charge in [-0.2, -0.15) is 4.68 Å². The van der Waals surface area contributed by atoms with E-state index < -0.39 is 10.0 Å². The summed E-state index contributed by atoms with van der Waals surface area (Å²) in [6.07, 6.45) is 4.04. The third-order valence-corrected chi connectivity index (χ3v) is 8.20. The third-order valence-electron chi connectivity index (χ3n) is 5.66. The third kappa shape index (κ3) is 5.67. The number of rotatable bonds is 8. The number of thiazole rings is 1. The molecule has 1 aliphatic heterocycles. The average Bonchev–Trinajstić information content (AvgIpc) is 3.44. The van der Waals surface area contributed by atoms with E-state index in [0.717, 1.165) is 32.5 Å². The van der Waals surface area contributed by atoms with Gasteiger partial charge in [-0.1, -0.05) is 29.6 Å². The number of fused-ring (bicyclic) bond motifs is 1. The predicted molar refractivity (Wildman–Crippen MR) is 148 cm³/mol. The molecule has 1 aliphatic rings. The molecule has 0 spiro atoms. The van der Waals surface area contributed by atoms with Crippen molar-refractivity contribution in [2.24, 2.45) is 10.3 Å². The van der Waals surface area contributed by atoms with Gasteiger partial charge in [-0.3, -0.25) is 9.52 Å².